The molecule has 1 aliphatic heterocycles. The van der Waals surface area contributed by atoms with Crippen molar-refractivity contribution >= 4 is 33.8 Å². The molecular formula is C14H15N3OS. The molecule has 0 atom stereocenters. The van der Waals surface area contributed by atoms with Crippen molar-refractivity contribution < 1.29 is 4.74 Å². The first-order valence-corrected chi connectivity index (χ1v) is 6.69. The number of para-hydroxylation sites is 1. The second kappa shape index (κ2) is 5.11. The van der Waals surface area contributed by atoms with Crippen molar-refractivity contribution in [1.29, 1.82) is 0 Å². The number of morpholine rings is 1. The van der Waals surface area contributed by atoms with Gasteiger partial charge in [0.05, 0.1) is 30.1 Å². The molecule has 0 amide bonds. The fourth-order valence-corrected chi connectivity index (χ4v) is 2.44. The van der Waals surface area contributed by atoms with Gasteiger partial charge in [0.15, 0.2) is 0 Å². The number of nitrogens with zero attached hydrogens (tertiary/aromatic N) is 2. The van der Waals surface area contributed by atoms with Gasteiger partial charge in [-0.1, -0.05) is 30.4 Å². The molecule has 1 fully saturated rings. The third-order valence-corrected chi connectivity index (χ3v) is 3.51. The van der Waals surface area contributed by atoms with Crippen LogP contribution in [0.4, 0.5) is 5.69 Å². The van der Waals surface area contributed by atoms with Crippen LogP contribution >= 0.6 is 12.2 Å². The number of ether oxygens (including phenoxy) is 1. The normalized spacial score (nSPS) is 15.7. The van der Waals surface area contributed by atoms with Crippen LogP contribution in [0.1, 0.15) is 5.69 Å². The van der Waals surface area contributed by atoms with E-state index < -0.39 is 0 Å². The standard InChI is InChI=1S/C14H15N3OS/c15-14(19)11-5-4-10-2-1-3-12(13(10)16-11)17-6-8-18-9-7-17/h1-5H,6-9H2,(H2,15,19). The van der Waals surface area contributed by atoms with Crippen molar-refractivity contribution in [3.8, 4) is 0 Å². The molecule has 1 aromatic carbocycles. The van der Waals surface area contributed by atoms with Crippen LogP contribution in [-0.2, 0) is 4.74 Å². The van der Waals surface area contributed by atoms with E-state index in [1.165, 1.54) is 0 Å². The number of hydrogen-bond donors (Lipinski definition) is 1. The fraction of sp³-hybridized carbons (Fsp3) is 0.286. The summed E-state index contributed by atoms with van der Waals surface area (Å²) in [4.78, 5) is 7.23. The summed E-state index contributed by atoms with van der Waals surface area (Å²) in [5.41, 5.74) is 8.42. The largest absolute Gasteiger partial charge is 0.388 e. The number of anilines is 1. The number of fused-ring (bicyclic) bond motifs is 1. The molecule has 0 aliphatic carbocycles. The average Bonchev–Trinajstić information content (AvgIpc) is 2.47. The Bertz CT molecular complexity index is 623. The Labute approximate surface area is 117 Å². The van der Waals surface area contributed by atoms with Gasteiger partial charge in [-0.25, -0.2) is 4.98 Å². The summed E-state index contributed by atoms with van der Waals surface area (Å²) in [6, 6.07) is 10.1. The summed E-state index contributed by atoms with van der Waals surface area (Å²) in [5.74, 6) is 0. The van der Waals surface area contributed by atoms with E-state index in [9.17, 15) is 0 Å². The van der Waals surface area contributed by atoms with E-state index in [2.05, 4.69) is 28.1 Å². The average molecular weight is 273 g/mol. The quantitative estimate of drug-likeness (QED) is 0.844. The Morgan fingerprint density at radius 3 is 2.74 bits per heavy atom. The maximum Gasteiger partial charge on any atom is 0.122 e. The molecule has 1 saturated heterocycles. The highest BCUT2D eigenvalue weighted by Crippen LogP contribution is 2.26. The highest BCUT2D eigenvalue weighted by molar-refractivity contribution is 7.80. The van der Waals surface area contributed by atoms with Gasteiger partial charge in [0, 0.05) is 18.5 Å². The van der Waals surface area contributed by atoms with Gasteiger partial charge in [-0.15, -0.1) is 0 Å². The van der Waals surface area contributed by atoms with E-state index in [1.807, 2.05) is 12.1 Å². The molecule has 2 aromatic rings. The number of hydrogen-bond acceptors (Lipinski definition) is 4. The lowest BCUT2D eigenvalue weighted by atomic mass is 10.1. The molecule has 1 aromatic heterocycles. The lowest BCUT2D eigenvalue weighted by Gasteiger charge is -2.29. The van der Waals surface area contributed by atoms with Gasteiger partial charge in [-0.3, -0.25) is 0 Å². The van der Waals surface area contributed by atoms with Crippen LogP contribution in [0.25, 0.3) is 10.9 Å². The minimum absolute atomic E-state index is 0.332. The minimum atomic E-state index is 0.332. The van der Waals surface area contributed by atoms with E-state index in [1.54, 1.807) is 0 Å². The molecule has 0 saturated carbocycles. The summed E-state index contributed by atoms with van der Waals surface area (Å²) in [5, 5.41) is 1.10. The van der Waals surface area contributed by atoms with Crippen LogP contribution in [0.5, 0.6) is 0 Å². The molecular weight excluding hydrogens is 258 g/mol. The first kappa shape index (κ1) is 12.3. The predicted molar refractivity (Wildman–Crippen MR) is 80.7 cm³/mol. The lowest BCUT2D eigenvalue weighted by molar-refractivity contribution is 0.123. The Morgan fingerprint density at radius 1 is 1.21 bits per heavy atom. The zero-order valence-electron chi connectivity index (χ0n) is 10.5. The summed E-state index contributed by atoms with van der Waals surface area (Å²) in [6.07, 6.45) is 0. The summed E-state index contributed by atoms with van der Waals surface area (Å²) < 4.78 is 5.39. The summed E-state index contributed by atoms with van der Waals surface area (Å²) in [6.45, 7) is 3.28. The van der Waals surface area contributed by atoms with Gasteiger partial charge < -0.3 is 15.4 Å². The van der Waals surface area contributed by atoms with Crippen molar-refractivity contribution in [2.75, 3.05) is 31.2 Å². The molecule has 5 heteroatoms. The van der Waals surface area contributed by atoms with Crippen molar-refractivity contribution in [2.24, 2.45) is 5.73 Å². The monoisotopic (exact) mass is 273 g/mol. The second-order valence-corrected chi connectivity index (χ2v) is 4.95. The summed E-state index contributed by atoms with van der Waals surface area (Å²) >= 11 is 5.01. The molecule has 1 aliphatic rings. The van der Waals surface area contributed by atoms with Crippen LogP contribution in [0.3, 0.4) is 0 Å². The molecule has 0 bridgehead atoms. The van der Waals surface area contributed by atoms with Crippen molar-refractivity contribution in [2.45, 2.75) is 0 Å². The summed E-state index contributed by atoms with van der Waals surface area (Å²) in [7, 11) is 0. The maximum absolute atomic E-state index is 5.67. The van der Waals surface area contributed by atoms with E-state index in [-0.39, 0.29) is 0 Å². The number of pyridine rings is 1. The Hall–Kier alpha value is -1.72. The maximum atomic E-state index is 5.67. The van der Waals surface area contributed by atoms with E-state index in [0.29, 0.717) is 10.7 Å². The predicted octanol–water partition coefficient (Wildman–Crippen LogP) is 1.71. The first-order valence-electron chi connectivity index (χ1n) is 6.28. The van der Waals surface area contributed by atoms with Gasteiger partial charge in [-0.05, 0) is 12.1 Å². The van der Waals surface area contributed by atoms with Crippen LogP contribution in [-0.4, -0.2) is 36.3 Å². The number of benzene rings is 1. The number of thiocarbonyl (C=S) groups is 1. The molecule has 19 heavy (non-hydrogen) atoms. The second-order valence-electron chi connectivity index (χ2n) is 4.51. The Kier molecular flexibility index (Phi) is 3.31. The van der Waals surface area contributed by atoms with Gasteiger partial charge in [0.25, 0.3) is 0 Å². The smallest absolute Gasteiger partial charge is 0.122 e. The van der Waals surface area contributed by atoms with Gasteiger partial charge in [0.2, 0.25) is 0 Å². The van der Waals surface area contributed by atoms with Crippen molar-refractivity contribution in [3.63, 3.8) is 0 Å². The van der Waals surface area contributed by atoms with Gasteiger partial charge in [0.1, 0.15) is 4.99 Å². The molecule has 3 rings (SSSR count). The zero-order chi connectivity index (χ0) is 13.2. The molecule has 0 spiro atoms. The highest BCUT2D eigenvalue weighted by atomic mass is 32.1. The molecule has 0 radical (unpaired) electrons. The molecule has 4 nitrogen and oxygen atoms in total. The third-order valence-electron chi connectivity index (χ3n) is 3.30. The third kappa shape index (κ3) is 2.39. The highest BCUT2D eigenvalue weighted by Gasteiger charge is 2.15. The number of aromatic nitrogens is 1. The molecule has 2 N–H and O–H groups in total. The minimum Gasteiger partial charge on any atom is -0.388 e. The topological polar surface area (TPSA) is 51.4 Å². The molecule has 0 unspecified atom stereocenters. The van der Waals surface area contributed by atoms with Crippen molar-refractivity contribution in [3.05, 3.63) is 36.0 Å². The number of rotatable bonds is 2. The molecule has 98 valence electrons. The van der Waals surface area contributed by atoms with E-state index in [0.717, 1.165) is 42.9 Å². The SMILES string of the molecule is NC(=S)c1ccc2cccc(N3CCOCC3)c2n1. The Balaban J connectivity index is 2.11. The van der Waals surface area contributed by atoms with E-state index in [4.69, 9.17) is 22.7 Å². The van der Waals surface area contributed by atoms with Crippen LogP contribution in [0.15, 0.2) is 30.3 Å². The van der Waals surface area contributed by atoms with Gasteiger partial charge >= 0.3 is 0 Å². The van der Waals surface area contributed by atoms with Crippen LogP contribution < -0.4 is 10.6 Å². The van der Waals surface area contributed by atoms with Gasteiger partial charge in [-0.2, -0.15) is 0 Å². The lowest BCUT2D eigenvalue weighted by Crippen LogP contribution is -2.36. The number of nitrogens with two attached hydrogens (primary N) is 1. The Morgan fingerprint density at radius 2 is 2.00 bits per heavy atom. The molecule has 2 heterocycles. The van der Waals surface area contributed by atoms with Crippen LogP contribution in [0.2, 0.25) is 0 Å². The van der Waals surface area contributed by atoms with E-state index >= 15 is 0 Å². The fourth-order valence-electron chi connectivity index (χ4n) is 2.33. The van der Waals surface area contributed by atoms with Crippen molar-refractivity contribution in [1.82, 2.24) is 4.98 Å². The van der Waals surface area contributed by atoms with Crippen LogP contribution in [0, 0.1) is 0 Å². The zero-order valence-corrected chi connectivity index (χ0v) is 11.3. The first-order chi connectivity index (χ1) is 9.25.